The maximum Gasteiger partial charge on any atom is 0.0630 e. The summed E-state index contributed by atoms with van der Waals surface area (Å²) in [5.74, 6) is 0.464. The highest BCUT2D eigenvalue weighted by Gasteiger charge is 2.41. The van der Waals surface area contributed by atoms with E-state index in [2.05, 4.69) is 73.8 Å². The molecule has 0 aromatic heterocycles. The summed E-state index contributed by atoms with van der Waals surface area (Å²) < 4.78 is 0. The van der Waals surface area contributed by atoms with Crippen LogP contribution >= 0.6 is 0 Å². The second-order valence-corrected chi connectivity index (χ2v) is 6.75. The fourth-order valence-corrected chi connectivity index (χ4v) is 3.99. The largest absolute Gasteiger partial charge is 0.392 e. The van der Waals surface area contributed by atoms with Crippen LogP contribution in [0.5, 0.6) is 0 Å². The SMILES string of the molecule is CCC[C@@H]1[C@@H](O)[C@@H](C)[C@@H](c2ccccc2)N[C@H]1c1ccccc1. The van der Waals surface area contributed by atoms with Crippen LogP contribution in [0.3, 0.4) is 0 Å². The van der Waals surface area contributed by atoms with E-state index in [1.165, 1.54) is 11.1 Å². The van der Waals surface area contributed by atoms with E-state index < -0.39 is 0 Å². The number of benzene rings is 2. The van der Waals surface area contributed by atoms with Gasteiger partial charge in [0.05, 0.1) is 6.10 Å². The third-order valence-corrected chi connectivity index (χ3v) is 5.23. The van der Waals surface area contributed by atoms with E-state index in [0.717, 1.165) is 12.8 Å². The Labute approximate surface area is 139 Å². The third-order valence-electron chi connectivity index (χ3n) is 5.23. The van der Waals surface area contributed by atoms with Crippen LogP contribution in [0.1, 0.15) is 49.9 Å². The monoisotopic (exact) mass is 309 g/mol. The molecule has 1 aliphatic rings. The minimum absolute atomic E-state index is 0.185. The van der Waals surface area contributed by atoms with Crippen LogP contribution in [-0.2, 0) is 0 Å². The van der Waals surface area contributed by atoms with Crippen molar-refractivity contribution in [2.75, 3.05) is 0 Å². The van der Waals surface area contributed by atoms with Crippen molar-refractivity contribution in [1.29, 1.82) is 0 Å². The molecule has 2 nitrogen and oxygen atoms in total. The van der Waals surface area contributed by atoms with Gasteiger partial charge in [0, 0.05) is 23.9 Å². The first-order chi connectivity index (χ1) is 11.2. The molecule has 0 spiro atoms. The maximum atomic E-state index is 11.0. The number of rotatable bonds is 4. The second kappa shape index (κ2) is 7.29. The number of piperidine rings is 1. The molecule has 0 saturated carbocycles. The van der Waals surface area contributed by atoms with Crippen molar-refractivity contribution in [2.45, 2.75) is 44.9 Å². The first kappa shape index (κ1) is 16.2. The lowest BCUT2D eigenvalue weighted by molar-refractivity contribution is -0.0184. The standard InChI is InChI=1S/C21H27NO/c1-3-10-18-20(17-13-8-5-9-14-17)22-19(15(2)21(18)23)16-11-6-4-7-12-16/h4-9,11-15,18-23H,3,10H2,1-2H3/t15-,18-,19-,20-,21-/m0/s1. The molecule has 1 heterocycles. The van der Waals surface area contributed by atoms with Crippen molar-refractivity contribution in [3.05, 3.63) is 71.8 Å². The van der Waals surface area contributed by atoms with Crippen molar-refractivity contribution < 1.29 is 5.11 Å². The zero-order chi connectivity index (χ0) is 16.2. The maximum absolute atomic E-state index is 11.0. The van der Waals surface area contributed by atoms with E-state index in [0.29, 0.717) is 0 Å². The number of nitrogens with one attached hydrogen (secondary N) is 1. The Hall–Kier alpha value is -1.64. The van der Waals surface area contributed by atoms with Crippen molar-refractivity contribution in [2.24, 2.45) is 11.8 Å². The van der Waals surface area contributed by atoms with E-state index >= 15 is 0 Å². The molecule has 0 unspecified atom stereocenters. The average Bonchev–Trinajstić information content (AvgIpc) is 2.61. The summed E-state index contributed by atoms with van der Waals surface area (Å²) >= 11 is 0. The molecule has 3 rings (SSSR count). The van der Waals surface area contributed by atoms with Crippen molar-refractivity contribution in [3.63, 3.8) is 0 Å². The van der Waals surface area contributed by atoms with Gasteiger partial charge in [0.2, 0.25) is 0 Å². The molecule has 2 N–H and O–H groups in total. The molecule has 0 radical (unpaired) electrons. The molecule has 122 valence electrons. The fraction of sp³-hybridized carbons (Fsp3) is 0.429. The molecule has 23 heavy (non-hydrogen) atoms. The van der Waals surface area contributed by atoms with Gasteiger partial charge in [-0.05, 0) is 17.5 Å². The van der Waals surface area contributed by atoms with Crippen LogP contribution < -0.4 is 5.32 Å². The summed E-state index contributed by atoms with van der Waals surface area (Å²) in [5.41, 5.74) is 2.53. The lowest BCUT2D eigenvalue weighted by Gasteiger charge is -2.45. The highest BCUT2D eigenvalue weighted by Crippen LogP contribution is 2.42. The number of hydrogen-bond acceptors (Lipinski definition) is 2. The molecular weight excluding hydrogens is 282 g/mol. The van der Waals surface area contributed by atoms with E-state index in [-0.39, 0.29) is 30.0 Å². The van der Waals surface area contributed by atoms with Gasteiger partial charge in [0.15, 0.2) is 0 Å². The third kappa shape index (κ3) is 3.34. The first-order valence-corrected chi connectivity index (χ1v) is 8.76. The van der Waals surface area contributed by atoms with E-state index in [4.69, 9.17) is 0 Å². The van der Waals surface area contributed by atoms with E-state index in [1.54, 1.807) is 0 Å². The van der Waals surface area contributed by atoms with Gasteiger partial charge in [-0.1, -0.05) is 80.9 Å². The second-order valence-electron chi connectivity index (χ2n) is 6.75. The highest BCUT2D eigenvalue weighted by atomic mass is 16.3. The van der Waals surface area contributed by atoms with Gasteiger partial charge < -0.3 is 10.4 Å². The first-order valence-electron chi connectivity index (χ1n) is 8.76. The molecule has 5 atom stereocenters. The van der Waals surface area contributed by atoms with Crippen LogP contribution in [0.4, 0.5) is 0 Å². The zero-order valence-electron chi connectivity index (χ0n) is 14.0. The molecular formula is C21H27NO. The summed E-state index contributed by atoms with van der Waals surface area (Å²) in [6.07, 6.45) is 1.85. The minimum atomic E-state index is -0.286. The summed E-state index contributed by atoms with van der Waals surface area (Å²) in [5, 5.41) is 14.8. The fourth-order valence-electron chi connectivity index (χ4n) is 3.99. The van der Waals surface area contributed by atoms with Gasteiger partial charge >= 0.3 is 0 Å². The molecule has 1 aliphatic heterocycles. The molecule has 0 aliphatic carbocycles. The Kier molecular flexibility index (Phi) is 5.14. The van der Waals surface area contributed by atoms with E-state index in [9.17, 15) is 5.11 Å². The Morgan fingerprint density at radius 1 is 0.870 bits per heavy atom. The molecule has 2 aromatic carbocycles. The number of aliphatic hydroxyl groups excluding tert-OH is 1. The van der Waals surface area contributed by atoms with Crippen molar-refractivity contribution in [3.8, 4) is 0 Å². The van der Waals surface area contributed by atoms with Gasteiger partial charge in [0.25, 0.3) is 0 Å². The summed E-state index contributed by atoms with van der Waals surface area (Å²) in [4.78, 5) is 0. The smallest absolute Gasteiger partial charge is 0.0630 e. The normalized spacial score (nSPS) is 31.0. The Bertz CT molecular complexity index is 598. The summed E-state index contributed by atoms with van der Waals surface area (Å²) in [7, 11) is 0. The lowest BCUT2D eigenvalue weighted by atomic mass is 9.72. The van der Waals surface area contributed by atoms with Crippen molar-refractivity contribution in [1.82, 2.24) is 5.32 Å². The Balaban J connectivity index is 1.94. The molecule has 1 fully saturated rings. The average molecular weight is 309 g/mol. The molecule has 0 bridgehead atoms. The summed E-state index contributed by atoms with van der Waals surface area (Å²) in [6, 6.07) is 21.5. The number of aliphatic hydroxyl groups is 1. The molecule has 0 amide bonds. The van der Waals surface area contributed by atoms with Crippen LogP contribution in [0.2, 0.25) is 0 Å². The van der Waals surface area contributed by atoms with Crippen molar-refractivity contribution >= 4 is 0 Å². The van der Waals surface area contributed by atoms with Crippen LogP contribution in [0.25, 0.3) is 0 Å². The molecule has 2 aromatic rings. The summed E-state index contributed by atoms with van der Waals surface area (Å²) in [6.45, 7) is 4.36. The topological polar surface area (TPSA) is 32.3 Å². The van der Waals surface area contributed by atoms with Gasteiger partial charge in [-0.15, -0.1) is 0 Å². The minimum Gasteiger partial charge on any atom is -0.392 e. The van der Waals surface area contributed by atoms with Crippen LogP contribution in [-0.4, -0.2) is 11.2 Å². The zero-order valence-corrected chi connectivity index (χ0v) is 14.0. The molecule has 2 heteroatoms. The highest BCUT2D eigenvalue weighted by molar-refractivity contribution is 5.26. The van der Waals surface area contributed by atoms with Gasteiger partial charge in [-0.25, -0.2) is 0 Å². The number of hydrogen-bond donors (Lipinski definition) is 2. The Morgan fingerprint density at radius 3 is 1.91 bits per heavy atom. The predicted octanol–water partition coefficient (Wildman–Crippen LogP) is 4.49. The predicted molar refractivity (Wildman–Crippen MR) is 95.1 cm³/mol. The molecule has 1 saturated heterocycles. The lowest BCUT2D eigenvalue weighted by Crippen LogP contribution is -2.49. The quantitative estimate of drug-likeness (QED) is 0.872. The van der Waals surface area contributed by atoms with Gasteiger partial charge in [-0.2, -0.15) is 0 Å². The Morgan fingerprint density at radius 2 is 1.39 bits per heavy atom. The van der Waals surface area contributed by atoms with Crippen LogP contribution in [0.15, 0.2) is 60.7 Å². The van der Waals surface area contributed by atoms with Gasteiger partial charge in [-0.3, -0.25) is 0 Å². The van der Waals surface area contributed by atoms with Gasteiger partial charge in [0.1, 0.15) is 0 Å². The van der Waals surface area contributed by atoms with Crippen LogP contribution in [0, 0.1) is 11.8 Å². The van der Waals surface area contributed by atoms with E-state index in [1.807, 2.05) is 6.07 Å².